The number of carboxylic acids is 1. The molecule has 1 aromatic heterocycles. The normalized spacial score (nSPS) is 11.8. The molecule has 1 aromatic rings. The van der Waals surface area contributed by atoms with Crippen LogP contribution in [0.3, 0.4) is 0 Å². The molecule has 0 aliphatic heterocycles. The van der Waals surface area contributed by atoms with E-state index >= 15 is 0 Å². The molecule has 0 saturated carbocycles. The number of thioether (sulfide) groups is 1. The third-order valence-electron chi connectivity index (χ3n) is 2.22. The van der Waals surface area contributed by atoms with Crippen LogP contribution in [0.25, 0.3) is 0 Å². The van der Waals surface area contributed by atoms with E-state index in [0.717, 1.165) is 11.3 Å². The van der Waals surface area contributed by atoms with Gasteiger partial charge in [-0.3, -0.25) is 4.79 Å². The first-order chi connectivity index (χ1) is 9.02. The highest BCUT2D eigenvalue weighted by Crippen LogP contribution is 2.01. The smallest absolute Gasteiger partial charge is 0.326 e. The maximum absolute atomic E-state index is 11.5. The third kappa shape index (κ3) is 5.79. The van der Waals surface area contributed by atoms with Gasteiger partial charge in [0.25, 0.3) is 0 Å². The Kier molecular flexibility index (Phi) is 6.43. The molecule has 4 N–H and O–H groups in total. The Balaban J connectivity index is 2.39. The number of aliphatic carboxylic acids is 1. The summed E-state index contributed by atoms with van der Waals surface area (Å²) in [5.74, 6) is -0.414. The fourth-order valence-electron chi connectivity index (χ4n) is 1.28. The van der Waals surface area contributed by atoms with Crippen molar-refractivity contribution in [2.75, 3.05) is 12.0 Å². The van der Waals surface area contributed by atoms with E-state index < -0.39 is 18.0 Å². The number of hydrogen-bond acceptors (Lipinski definition) is 5. The van der Waals surface area contributed by atoms with Gasteiger partial charge in [0.15, 0.2) is 0 Å². The highest BCUT2D eigenvalue weighted by atomic mass is 32.2. The molecule has 0 aliphatic carbocycles. The van der Waals surface area contributed by atoms with Gasteiger partial charge < -0.3 is 20.7 Å². The minimum absolute atomic E-state index is 0.152. The largest absolute Gasteiger partial charge is 0.480 e. The van der Waals surface area contributed by atoms with E-state index in [1.54, 1.807) is 5.38 Å². The number of hydrogen-bond donors (Lipinski definition) is 4. The molecule has 9 heteroatoms. The van der Waals surface area contributed by atoms with Crippen molar-refractivity contribution in [2.24, 2.45) is 0 Å². The van der Waals surface area contributed by atoms with E-state index in [9.17, 15) is 14.4 Å². The molecule has 106 valence electrons. The first kappa shape index (κ1) is 15.6. The van der Waals surface area contributed by atoms with Crippen LogP contribution < -0.4 is 15.5 Å². The number of H-pyrrole nitrogens is 1. The lowest BCUT2D eigenvalue weighted by molar-refractivity contribution is -0.139. The maximum atomic E-state index is 11.5. The Bertz CT molecular complexity index is 485. The van der Waals surface area contributed by atoms with Crippen LogP contribution in [0.2, 0.25) is 0 Å². The molecule has 0 aromatic carbocycles. The minimum atomic E-state index is -1.06. The lowest BCUT2D eigenvalue weighted by atomic mass is 10.2. The van der Waals surface area contributed by atoms with Crippen molar-refractivity contribution in [1.29, 1.82) is 0 Å². The van der Waals surface area contributed by atoms with Gasteiger partial charge in [-0.2, -0.15) is 11.8 Å². The Hall–Kier alpha value is -1.48. The predicted molar refractivity (Wildman–Crippen MR) is 74.7 cm³/mol. The number of nitrogens with one attached hydrogen (secondary N) is 3. The number of rotatable bonds is 7. The minimum Gasteiger partial charge on any atom is -0.480 e. The molecular formula is C10H15N3O4S2. The molecular weight excluding hydrogens is 290 g/mol. The zero-order valence-corrected chi connectivity index (χ0v) is 11.9. The quantitative estimate of drug-likeness (QED) is 0.584. The summed E-state index contributed by atoms with van der Waals surface area (Å²) >= 11 is 2.52. The molecule has 0 radical (unpaired) electrons. The lowest BCUT2D eigenvalue weighted by Gasteiger charge is -2.14. The SMILES string of the molecule is CSCC[C@H](NC(=O)NCc1csc(=O)[nH]1)C(=O)O. The van der Waals surface area contributed by atoms with E-state index in [4.69, 9.17) is 5.11 Å². The molecule has 1 atom stereocenters. The van der Waals surface area contributed by atoms with Crippen LogP contribution >= 0.6 is 23.1 Å². The molecule has 0 aliphatic rings. The first-order valence-electron chi connectivity index (χ1n) is 5.45. The van der Waals surface area contributed by atoms with Gasteiger partial charge in [0, 0.05) is 11.1 Å². The van der Waals surface area contributed by atoms with Crippen LogP contribution in [0.1, 0.15) is 12.1 Å². The Morgan fingerprint density at radius 1 is 1.58 bits per heavy atom. The summed E-state index contributed by atoms with van der Waals surface area (Å²) in [6, 6.07) is -1.48. The van der Waals surface area contributed by atoms with Crippen molar-refractivity contribution in [3.05, 3.63) is 20.7 Å². The number of amides is 2. The van der Waals surface area contributed by atoms with Crippen molar-refractivity contribution >= 4 is 35.1 Å². The van der Waals surface area contributed by atoms with Gasteiger partial charge in [0.05, 0.1) is 6.54 Å². The summed E-state index contributed by atoms with van der Waals surface area (Å²) in [5.41, 5.74) is 0.584. The fourth-order valence-corrected chi connectivity index (χ4v) is 2.33. The van der Waals surface area contributed by atoms with Crippen LogP contribution in [0.4, 0.5) is 4.79 Å². The monoisotopic (exact) mass is 305 g/mol. The average Bonchev–Trinajstić information content (AvgIpc) is 2.77. The fraction of sp³-hybridized carbons (Fsp3) is 0.500. The molecule has 0 spiro atoms. The van der Waals surface area contributed by atoms with Crippen molar-refractivity contribution in [2.45, 2.75) is 19.0 Å². The van der Waals surface area contributed by atoms with Gasteiger partial charge in [0.1, 0.15) is 6.04 Å². The van der Waals surface area contributed by atoms with E-state index in [-0.39, 0.29) is 11.4 Å². The van der Waals surface area contributed by atoms with Crippen molar-refractivity contribution in [1.82, 2.24) is 15.6 Å². The molecule has 19 heavy (non-hydrogen) atoms. The Morgan fingerprint density at radius 2 is 2.32 bits per heavy atom. The number of carbonyl (C=O) groups excluding carboxylic acids is 1. The van der Waals surface area contributed by atoms with Gasteiger partial charge in [-0.15, -0.1) is 0 Å². The van der Waals surface area contributed by atoms with E-state index in [1.807, 2.05) is 6.26 Å². The van der Waals surface area contributed by atoms with Gasteiger partial charge in [-0.25, -0.2) is 9.59 Å². The topological polar surface area (TPSA) is 111 Å². The van der Waals surface area contributed by atoms with Crippen LogP contribution in [-0.4, -0.2) is 40.1 Å². The van der Waals surface area contributed by atoms with E-state index in [0.29, 0.717) is 17.9 Å². The van der Waals surface area contributed by atoms with Crippen molar-refractivity contribution < 1.29 is 14.7 Å². The second-order valence-corrected chi connectivity index (χ2v) is 5.50. The second-order valence-electron chi connectivity index (χ2n) is 3.67. The van der Waals surface area contributed by atoms with Crippen molar-refractivity contribution in [3.63, 3.8) is 0 Å². The van der Waals surface area contributed by atoms with Gasteiger partial charge >= 0.3 is 16.9 Å². The number of carboxylic acid groups (broad SMARTS) is 1. The molecule has 0 unspecified atom stereocenters. The van der Waals surface area contributed by atoms with E-state index in [2.05, 4.69) is 15.6 Å². The summed E-state index contributed by atoms with van der Waals surface area (Å²) in [4.78, 5) is 35.7. The standard InChI is InChI=1S/C10H15N3O4S2/c1-18-3-2-7(8(14)15)13-9(16)11-4-6-5-19-10(17)12-6/h5,7H,2-4H2,1H3,(H,12,17)(H,14,15)(H2,11,13,16)/t7-/m0/s1. The van der Waals surface area contributed by atoms with Crippen LogP contribution in [0, 0.1) is 0 Å². The summed E-state index contributed by atoms with van der Waals surface area (Å²) in [5, 5.41) is 15.4. The predicted octanol–water partition coefficient (Wildman–Crippen LogP) is 0.442. The summed E-state index contributed by atoms with van der Waals surface area (Å²) in [7, 11) is 0. The molecule has 0 saturated heterocycles. The van der Waals surface area contributed by atoms with Crippen molar-refractivity contribution in [3.8, 4) is 0 Å². The van der Waals surface area contributed by atoms with Gasteiger partial charge in [0.2, 0.25) is 0 Å². The van der Waals surface area contributed by atoms with Gasteiger partial charge in [-0.1, -0.05) is 11.3 Å². The zero-order chi connectivity index (χ0) is 14.3. The number of carbonyl (C=O) groups is 2. The van der Waals surface area contributed by atoms with Crippen LogP contribution in [0.15, 0.2) is 10.2 Å². The Labute approximate surface area is 117 Å². The summed E-state index contributed by atoms with van der Waals surface area (Å²) in [6.45, 7) is 0.152. The maximum Gasteiger partial charge on any atom is 0.326 e. The number of aromatic amines is 1. The number of thiazole rings is 1. The highest BCUT2D eigenvalue weighted by molar-refractivity contribution is 7.98. The molecule has 2 amide bonds. The van der Waals surface area contributed by atoms with Crippen LogP contribution in [0.5, 0.6) is 0 Å². The zero-order valence-electron chi connectivity index (χ0n) is 10.3. The van der Waals surface area contributed by atoms with Crippen LogP contribution in [-0.2, 0) is 11.3 Å². The number of aromatic nitrogens is 1. The molecule has 0 bridgehead atoms. The average molecular weight is 305 g/mol. The molecule has 1 heterocycles. The lowest BCUT2D eigenvalue weighted by Crippen LogP contribution is -2.46. The molecule has 7 nitrogen and oxygen atoms in total. The molecule has 0 fully saturated rings. The highest BCUT2D eigenvalue weighted by Gasteiger charge is 2.19. The van der Waals surface area contributed by atoms with E-state index in [1.165, 1.54) is 11.8 Å². The third-order valence-corrected chi connectivity index (χ3v) is 3.59. The molecule has 1 rings (SSSR count). The summed E-state index contributed by atoms with van der Waals surface area (Å²) in [6.07, 6.45) is 2.23. The Morgan fingerprint density at radius 3 is 2.84 bits per heavy atom. The number of urea groups is 1. The van der Waals surface area contributed by atoms with Gasteiger partial charge in [-0.05, 0) is 18.4 Å². The first-order valence-corrected chi connectivity index (χ1v) is 7.73. The second kappa shape index (κ2) is 7.85. The summed E-state index contributed by atoms with van der Waals surface area (Å²) < 4.78 is 0.